The van der Waals surface area contributed by atoms with Crippen LogP contribution in [0, 0.1) is 16.7 Å². The molecule has 0 aromatic rings. The van der Waals surface area contributed by atoms with Crippen LogP contribution in [0.15, 0.2) is 0 Å². The predicted molar refractivity (Wildman–Crippen MR) is 44.9 cm³/mol. The highest BCUT2D eigenvalue weighted by Gasteiger charge is 2.32. The van der Waals surface area contributed by atoms with Gasteiger partial charge in [-0.25, -0.2) is 0 Å². The van der Waals surface area contributed by atoms with E-state index in [2.05, 4.69) is 6.07 Å². The first-order chi connectivity index (χ1) is 5.33. The van der Waals surface area contributed by atoms with Crippen LogP contribution < -0.4 is 0 Å². The molecule has 0 atom stereocenters. The number of nitrogens with zero attached hydrogens (tertiary/aromatic N) is 1. The van der Waals surface area contributed by atoms with Crippen LogP contribution in [0.5, 0.6) is 0 Å². The van der Waals surface area contributed by atoms with Crippen molar-refractivity contribution in [3.63, 3.8) is 0 Å². The van der Waals surface area contributed by atoms with Gasteiger partial charge in [0.2, 0.25) is 0 Å². The maximum absolute atomic E-state index is 8.79. The quantitative estimate of drug-likeness (QED) is 0.630. The van der Waals surface area contributed by atoms with Gasteiger partial charge in [0.1, 0.15) is 0 Å². The van der Waals surface area contributed by atoms with Crippen molar-refractivity contribution >= 4 is 0 Å². The fraction of sp³-hybridized carbons (Fsp3) is 0.889. The first-order valence-electron chi connectivity index (χ1n) is 4.35. The molecule has 64 valence electrons. The van der Waals surface area contributed by atoms with Crippen LogP contribution >= 0.6 is 0 Å². The molecular formula is C9H17NO. The van der Waals surface area contributed by atoms with Crippen LogP contribution in [0.2, 0.25) is 0 Å². The summed E-state index contributed by atoms with van der Waals surface area (Å²) in [6.07, 6.45) is 3.99. The number of aliphatic hydroxyl groups is 1. The van der Waals surface area contributed by atoms with E-state index in [9.17, 15) is 0 Å². The largest absolute Gasteiger partial charge is 0.395 e. The lowest BCUT2D eigenvalue weighted by Crippen LogP contribution is -2.18. The van der Waals surface area contributed by atoms with Gasteiger partial charge in [0.25, 0.3) is 0 Å². The second-order valence-corrected chi connectivity index (χ2v) is 2.76. The molecule has 0 saturated heterocycles. The van der Waals surface area contributed by atoms with Crippen molar-refractivity contribution in [1.82, 2.24) is 0 Å². The van der Waals surface area contributed by atoms with Gasteiger partial charge in [-0.3, -0.25) is 0 Å². The topological polar surface area (TPSA) is 44.0 Å². The van der Waals surface area contributed by atoms with E-state index in [1.54, 1.807) is 0 Å². The minimum absolute atomic E-state index is 0.0451. The molecule has 0 aromatic heterocycles. The van der Waals surface area contributed by atoms with Crippen LogP contribution in [0.1, 0.15) is 39.5 Å². The molecule has 0 spiro atoms. The molecule has 0 aromatic carbocycles. The summed E-state index contributed by atoms with van der Waals surface area (Å²) in [7, 11) is 0. The maximum Gasteiger partial charge on any atom is 0.0804 e. The summed E-state index contributed by atoms with van der Waals surface area (Å²) in [6.45, 7) is 4.05. The molecule has 2 nitrogen and oxygen atoms in total. The highest BCUT2D eigenvalue weighted by atomic mass is 16.3. The molecule has 1 rings (SSSR count). The summed E-state index contributed by atoms with van der Waals surface area (Å²) in [6, 6.07) is 2.18. The molecule has 0 amide bonds. The summed E-state index contributed by atoms with van der Waals surface area (Å²) in [5.41, 5.74) is -0.361. The lowest BCUT2D eigenvalue weighted by molar-refractivity contribution is 0.180. The van der Waals surface area contributed by atoms with Gasteiger partial charge in [-0.1, -0.05) is 26.7 Å². The van der Waals surface area contributed by atoms with Crippen LogP contribution in [-0.2, 0) is 0 Å². The Morgan fingerprint density at radius 3 is 2.00 bits per heavy atom. The number of aliphatic hydroxyl groups excluding tert-OH is 1. The molecule has 1 saturated carbocycles. The molecule has 0 heterocycles. The van der Waals surface area contributed by atoms with Crippen molar-refractivity contribution in [2.24, 2.45) is 5.41 Å². The maximum atomic E-state index is 8.79. The van der Waals surface area contributed by atoms with Gasteiger partial charge in [0.05, 0.1) is 18.1 Å². The Morgan fingerprint density at radius 1 is 1.36 bits per heavy atom. The zero-order valence-electron chi connectivity index (χ0n) is 7.43. The molecular weight excluding hydrogens is 138 g/mol. The van der Waals surface area contributed by atoms with Gasteiger partial charge >= 0.3 is 0 Å². The lowest BCUT2D eigenvalue weighted by atomic mass is 9.90. The standard InChI is InChI=1S/C7H11NO.C2H6/c8-5-7(6-9)3-1-2-4-7;1-2/h9H,1-4,6H2;1-2H3. The second-order valence-electron chi connectivity index (χ2n) is 2.76. The van der Waals surface area contributed by atoms with Crippen molar-refractivity contribution in [1.29, 1.82) is 5.26 Å². The highest BCUT2D eigenvalue weighted by molar-refractivity contribution is 5.01. The monoisotopic (exact) mass is 155 g/mol. The first-order valence-corrected chi connectivity index (χ1v) is 4.35. The van der Waals surface area contributed by atoms with E-state index in [4.69, 9.17) is 10.4 Å². The molecule has 0 bridgehead atoms. The van der Waals surface area contributed by atoms with Gasteiger partial charge in [0, 0.05) is 0 Å². The van der Waals surface area contributed by atoms with Crippen LogP contribution in [-0.4, -0.2) is 11.7 Å². The summed E-state index contributed by atoms with van der Waals surface area (Å²) < 4.78 is 0. The van der Waals surface area contributed by atoms with E-state index in [1.807, 2.05) is 13.8 Å². The number of nitriles is 1. The second kappa shape index (κ2) is 5.15. The number of hydrogen-bond donors (Lipinski definition) is 1. The Balaban J connectivity index is 0.000000461. The van der Waals surface area contributed by atoms with Gasteiger partial charge < -0.3 is 5.11 Å². The Labute approximate surface area is 68.8 Å². The summed E-state index contributed by atoms with van der Waals surface area (Å²) in [4.78, 5) is 0. The molecule has 11 heavy (non-hydrogen) atoms. The Hall–Kier alpha value is -0.550. The van der Waals surface area contributed by atoms with E-state index in [1.165, 1.54) is 0 Å². The van der Waals surface area contributed by atoms with E-state index in [-0.39, 0.29) is 12.0 Å². The molecule has 0 radical (unpaired) electrons. The molecule has 1 N–H and O–H groups in total. The molecule has 2 heteroatoms. The molecule has 1 fully saturated rings. The normalized spacial score (nSPS) is 19.8. The number of hydrogen-bond acceptors (Lipinski definition) is 2. The average Bonchev–Trinajstić information content (AvgIpc) is 2.57. The number of rotatable bonds is 1. The van der Waals surface area contributed by atoms with Crippen molar-refractivity contribution in [3.05, 3.63) is 0 Å². The SMILES string of the molecule is CC.N#CC1(CO)CCCC1. The minimum atomic E-state index is -0.361. The van der Waals surface area contributed by atoms with Crippen molar-refractivity contribution in [2.75, 3.05) is 6.61 Å². The Bertz CT molecular complexity index is 131. The minimum Gasteiger partial charge on any atom is -0.395 e. The fourth-order valence-electron chi connectivity index (χ4n) is 1.36. The fourth-order valence-corrected chi connectivity index (χ4v) is 1.36. The lowest BCUT2D eigenvalue weighted by Gasteiger charge is -2.14. The predicted octanol–water partition coefficient (Wildman–Crippen LogP) is 2.09. The van der Waals surface area contributed by atoms with E-state index < -0.39 is 0 Å². The molecule has 1 aliphatic rings. The Kier molecular flexibility index (Phi) is 4.89. The highest BCUT2D eigenvalue weighted by Crippen LogP contribution is 2.36. The van der Waals surface area contributed by atoms with Gasteiger partial charge in [0.15, 0.2) is 0 Å². The van der Waals surface area contributed by atoms with Gasteiger partial charge in [-0.2, -0.15) is 5.26 Å². The zero-order valence-corrected chi connectivity index (χ0v) is 7.43. The summed E-state index contributed by atoms with van der Waals surface area (Å²) in [5.74, 6) is 0. The van der Waals surface area contributed by atoms with Crippen LogP contribution in [0.4, 0.5) is 0 Å². The van der Waals surface area contributed by atoms with Gasteiger partial charge in [-0.15, -0.1) is 0 Å². The van der Waals surface area contributed by atoms with Crippen molar-refractivity contribution < 1.29 is 5.11 Å². The third-order valence-electron chi connectivity index (χ3n) is 2.10. The molecule has 1 aliphatic carbocycles. The average molecular weight is 155 g/mol. The van der Waals surface area contributed by atoms with E-state index >= 15 is 0 Å². The third-order valence-corrected chi connectivity index (χ3v) is 2.10. The van der Waals surface area contributed by atoms with Gasteiger partial charge in [-0.05, 0) is 12.8 Å². The van der Waals surface area contributed by atoms with Crippen LogP contribution in [0.3, 0.4) is 0 Å². The van der Waals surface area contributed by atoms with Crippen molar-refractivity contribution in [3.8, 4) is 6.07 Å². The molecule has 0 aliphatic heterocycles. The molecule has 0 unspecified atom stereocenters. The third kappa shape index (κ3) is 2.51. The smallest absolute Gasteiger partial charge is 0.0804 e. The first kappa shape index (κ1) is 10.4. The van der Waals surface area contributed by atoms with E-state index in [0.29, 0.717) is 0 Å². The Morgan fingerprint density at radius 2 is 1.82 bits per heavy atom. The van der Waals surface area contributed by atoms with E-state index in [0.717, 1.165) is 25.7 Å². The van der Waals surface area contributed by atoms with Crippen molar-refractivity contribution in [2.45, 2.75) is 39.5 Å². The summed E-state index contributed by atoms with van der Waals surface area (Å²) in [5, 5.41) is 17.4. The summed E-state index contributed by atoms with van der Waals surface area (Å²) >= 11 is 0. The van der Waals surface area contributed by atoms with Crippen LogP contribution in [0.25, 0.3) is 0 Å². The zero-order chi connectivity index (χ0) is 8.74.